The predicted molar refractivity (Wildman–Crippen MR) is 61.6 cm³/mol. The Hall–Kier alpha value is -0.740. The molecule has 1 aromatic rings. The fourth-order valence-electron chi connectivity index (χ4n) is 1.17. The zero-order chi connectivity index (χ0) is 11.4. The van der Waals surface area contributed by atoms with Crippen molar-refractivity contribution in [1.82, 2.24) is 4.90 Å². The summed E-state index contributed by atoms with van der Waals surface area (Å²) >= 11 is 3.22. The minimum Gasteiger partial charge on any atom is -0.309 e. The first-order valence-corrected chi connectivity index (χ1v) is 5.43. The van der Waals surface area contributed by atoms with Crippen LogP contribution in [0.4, 0.5) is 4.39 Å². The molecule has 0 heterocycles. The lowest BCUT2D eigenvalue weighted by Gasteiger charge is -2.08. The standard InChI is InChI=1S/C11H13BrFNO/c1-14(2)6-5-11(15)9-7-8(12)3-4-10(9)13/h3-4,7H,5-6H2,1-2H3. The molecule has 0 saturated heterocycles. The highest BCUT2D eigenvalue weighted by molar-refractivity contribution is 9.10. The van der Waals surface area contributed by atoms with Crippen molar-refractivity contribution in [3.63, 3.8) is 0 Å². The molecule has 15 heavy (non-hydrogen) atoms. The number of hydrogen-bond acceptors (Lipinski definition) is 2. The van der Waals surface area contributed by atoms with Crippen LogP contribution >= 0.6 is 15.9 Å². The minimum atomic E-state index is -0.457. The van der Waals surface area contributed by atoms with Crippen LogP contribution in [-0.4, -0.2) is 31.3 Å². The third kappa shape index (κ3) is 3.72. The van der Waals surface area contributed by atoms with Crippen LogP contribution in [0.5, 0.6) is 0 Å². The Labute approximate surface area is 97.2 Å². The lowest BCUT2D eigenvalue weighted by molar-refractivity contribution is 0.0968. The zero-order valence-electron chi connectivity index (χ0n) is 8.76. The molecule has 4 heteroatoms. The molecule has 82 valence electrons. The maximum absolute atomic E-state index is 13.3. The lowest BCUT2D eigenvalue weighted by Crippen LogP contribution is -2.17. The largest absolute Gasteiger partial charge is 0.309 e. The highest BCUT2D eigenvalue weighted by atomic mass is 79.9. The zero-order valence-corrected chi connectivity index (χ0v) is 10.3. The second kappa shape index (κ2) is 5.37. The molecule has 0 bridgehead atoms. The van der Waals surface area contributed by atoms with E-state index in [1.54, 1.807) is 6.07 Å². The number of carbonyl (C=O) groups is 1. The normalized spacial score (nSPS) is 10.7. The van der Waals surface area contributed by atoms with Gasteiger partial charge in [-0.05, 0) is 32.3 Å². The molecule has 0 aliphatic rings. The molecule has 0 radical (unpaired) electrons. The van der Waals surface area contributed by atoms with E-state index in [-0.39, 0.29) is 11.3 Å². The fraction of sp³-hybridized carbons (Fsp3) is 0.364. The van der Waals surface area contributed by atoms with Crippen LogP contribution in [0.1, 0.15) is 16.8 Å². The molecule has 0 fully saturated rings. The van der Waals surface area contributed by atoms with Crippen molar-refractivity contribution >= 4 is 21.7 Å². The summed E-state index contributed by atoms with van der Waals surface area (Å²) in [7, 11) is 3.76. The van der Waals surface area contributed by atoms with E-state index in [1.165, 1.54) is 12.1 Å². The number of rotatable bonds is 4. The van der Waals surface area contributed by atoms with Gasteiger partial charge in [-0.2, -0.15) is 0 Å². The lowest BCUT2D eigenvalue weighted by atomic mass is 10.1. The van der Waals surface area contributed by atoms with E-state index in [1.807, 2.05) is 19.0 Å². The second-order valence-electron chi connectivity index (χ2n) is 3.60. The van der Waals surface area contributed by atoms with Crippen molar-refractivity contribution in [3.05, 3.63) is 34.1 Å². The van der Waals surface area contributed by atoms with Crippen molar-refractivity contribution in [2.24, 2.45) is 0 Å². The monoisotopic (exact) mass is 273 g/mol. The van der Waals surface area contributed by atoms with Crippen molar-refractivity contribution < 1.29 is 9.18 Å². The number of benzene rings is 1. The van der Waals surface area contributed by atoms with Gasteiger partial charge in [0.15, 0.2) is 5.78 Å². The number of Topliss-reactive ketones (excluding diaryl/α,β-unsaturated/α-hetero) is 1. The summed E-state index contributed by atoms with van der Waals surface area (Å²) < 4.78 is 14.0. The van der Waals surface area contributed by atoms with Crippen LogP contribution in [0.15, 0.2) is 22.7 Å². The van der Waals surface area contributed by atoms with Gasteiger partial charge >= 0.3 is 0 Å². The number of ketones is 1. The van der Waals surface area contributed by atoms with Gasteiger partial charge in [-0.25, -0.2) is 4.39 Å². The van der Waals surface area contributed by atoms with E-state index >= 15 is 0 Å². The summed E-state index contributed by atoms with van der Waals surface area (Å²) in [4.78, 5) is 13.5. The summed E-state index contributed by atoms with van der Waals surface area (Å²) in [5.74, 6) is -0.621. The van der Waals surface area contributed by atoms with Crippen LogP contribution in [0.25, 0.3) is 0 Å². The number of nitrogens with zero attached hydrogens (tertiary/aromatic N) is 1. The van der Waals surface area contributed by atoms with Gasteiger partial charge < -0.3 is 4.90 Å². The molecule has 0 aliphatic heterocycles. The average Bonchev–Trinajstić information content (AvgIpc) is 2.18. The molecule has 0 saturated carbocycles. The van der Waals surface area contributed by atoms with Gasteiger partial charge in [0.05, 0.1) is 5.56 Å². The third-order valence-electron chi connectivity index (χ3n) is 2.01. The van der Waals surface area contributed by atoms with Crippen molar-refractivity contribution in [2.75, 3.05) is 20.6 Å². The van der Waals surface area contributed by atoms with E-state index in [2.05, 4.69) is 15.9 Å². The molecule has 1 aromatic carbocycles. The van der Waals surface area contributed by atoms with Gasteiger partial charge in [0, 0.05) is 17.4 Å². The van der Waals surface area contributed by atoms with Crippen LogP contribution in [0, 0.1) is 5.82 Å². The van der Waals surface area contributed by atoms with Crippen molar-refractivity contribution in [1.29, 1.82) is 0 Å². The van der Waals surface area contributed by atoms with E-state index in [0.717, 1.165) is 4.47 Å². The van der Waals surface area contributed by atoms with E-state index in [4.69, 9.17) is 0 Å². The number of carbonyl (C=O) groups excluding carboxylic acids is 1. The van der Waals surface area contributed by atoms with Crippen LogP contribution in [-0.2, 0) is 0 Å². The van der Waals surface area contributed by atoms with Gasteiger partial charge in [0.1, 0.15) is 5.82 Å². The molecule has 0 aromatic heterocycles. The molecule has 0 unspecified atom stereocenters. The van der Waals surface area contributed by atoms with Gasteiger partial charge in [0.2, 0.25) is 0 Å². The Kier molecular flexibility index (Phi) is 4.42. The molecule has 0 aliphatic carbocycles. The Balaban J connectivity index is 2.77. The van der Waals surface area contributed by atoms with Gasteiger partial charge in [0.25, 0.3) is 0 Å². The molecule has 2 nitrogen and oxygen atoms in total. The summed E-state index contributed by atoms with van der Waals surface area (Å²) in [6, 6.07) is 4.40. The summed E-state index contributed by atoms with van der Waals surface area (Å²) in [6.07, 6.45) is 0.334. The van der Waals surface area contributed by atoms with Crippen molar-refractivity contribution in [3.8, 4) is 0 Å². The Morgan fingerprint density at radius 2 is 2.13 bits per heavy atom. The van der Waals surface area contributed by atoms with Crippen LogP contribution in [0.2, 0.25) is 0 Å². The smallest absolute Gasteiger partial charge is 0.167 e. The number of halogens is 2. The third-order valence-corrected chi connectivity index (χ3v) is 2.51. The molecule has 1 rings (SSSR count). The summed E-state index contributed by atoms with van der Waals surface area (Å²) in [6.45, 7) is 0.630. The average molecular weight is 274 g/mol. The molecular formula is C11H13BrFNO. The fourth-order valence-corrected chi connectivity index (χ4v) is 1.53. The molecule has 0 N–H and O–H groups in total. The number of hydrogen-bond donors (Lipinski definition) is 0. The SMILES string of the molecule is CN(C)CCC(=O)c1cc(Br)ccc1F. The predicted octanol–water partition coefficient (Wildman–Crippen LogP) is 2.72. The van der Waals surface area contributed by atoms with E-state index in [9.17, 15) is 9.18 Å². The molecule has 0 spiro atoms. The molecule has 0 atom stereocenters. The minimum absolute atomic E-state index is 0.159. The first-order chi connectivity index (χ1) is 7.00. The summed E-state index contributed by atoms with van der Waals surface area (Å²) in [5.41, 5.74) is 0.159. The van der Waals surface area contributed by atoms with Crippen LogP contribution in [0.3, 0.4) is 0 Å². The van der Waals surface area contributed by atoms with E-state index in [0.29, 0.717) is 13.0 Å². The Morgan fingerprint density at radius 1 is 1.47 bits per heavy atom. The van der Waals surface area contributed by atoms with Crippen molar-refractivity contribution in [2.45, 2.75) is 6.42 Å². The Bertz CT molecular complexity index is 366. The maximum atomic E-state index is 13.3. The Morgan fingerprint density at radius 3 is 2.73 bits per heavy atom. The maximum Gasteiger partial charge on any atom is 0.167 e. The van der Waals surface area contributed by atoms with Crippen LogP contribution < -0.4 is 0 Å². The highest BCUT2D eigenvalue weighted by Crippen LogP contribution is 2.16. The topological polar surface area (TPSA) is 20.3 Å². The van der Waals surface area contributed by atoms with Gasteiger partial charge in [-0.3, -0.25) is 4.79 Å². The van der Waals surface area contributed by atoms with Gasteiger partial charge in [-0.1, -0.05) is 15.9 Å². The molecule has 0 amide bonds. The first kappa shape index (κ1) is 12.3. The van der Waals surface area contributed by atoms with E-state index < -0.39 is 5.82 Å². The quantitative estimate of drug-likeness (QED) is 0.787. The van der Waals surface area contributed by atoms with Gasteiger partial charge in [-0.15, -0.1) is 0 Å². The molecular weight excluding hydrogens is 261 g/mol. The highest BCUT2D eigenvalue weighted by Gasteiger charge is 2.11. The summed E-state index contributed by atoms with van der Waals surface area (Å²) in [5, 5.41) is 0. The first-order valence-electron chi connectivity index (χ1n) is 4.63. The second-order valence-corrected chi connectivity index (χ2v) is 4.52.